The summed E-state index contributed by atoms with van der Waals surface area (Å²) < 4.78 is 0. The summed E-state index contributed by atoms with van der Waals surface area (Å²) in [7, 11) is 0. The van der Waals surface area contributed by atoms with Crippen molar-refractivity contribution in [3.8, 4) is 0 Å². The quantitative estimate of drug-likeness (QED) is 0.698. The first-order valence-electron chi connectivity index (χ1n) is 7.21. The molecule has 0 aromatic rings. The lowest BCUT2D eigenvalue weighted by atomic mass is 9.73. The minimum absolute atomic E-state index is 0.216. The highest BCUT2D eigenvalue weighted by molar-refractivity contribution is 5.88. The standard InChI is InChI=1S/C16H28O/c1-10-7-11(2)9-12(8-10)13(17)14-15(3,4)16(14,5)6/h10-12,14H,7-9H2,1-6H3. The van der Waals surface area contributed by atoms with Crippen molar-refractivity contribution in [2.24, 2.45) is 34.5 Å². The lowest BCUT2D eigenvalue weighted by Gasteiger charge is -2.31. The van der Waals surface area contributed by atoms with Gasteiger partial charge >= 0.3 is 0 Å². The van der Waals surface area contributed by atoms with Crippen LogP contribution < -0.4 is 0 Å². The van der Waals surface area contributed by atoms with Crippen LogP contribution in [-0.4, -0.2) is 5.78 Å². The van der Waals surface area contributed by atoms with Gasteiger partial charge in [0.15, 0.2) is 0 Å². The fourth-order valence-corrected chi connectivity index (χ4v) is 4.32. The predicted molar refractivity (Wildman–Crippen MR) is 71.7 cm³/mol. The van der Waals surface area contributed by atoms with Gasteiger partial charge in [-0.3, -0.25) is 4.79 Å². The molecule has 0 N–H and O–H groups in total. The highest BCUT2D eigenvalue weighted by atomic mass is 16.1. The molecule has 1 nitrogen and oxygen atoms in total. The third-order valence-corrected chi connectivity index (χ3v) is 5.89. The number of rotatable bonds is 2. The molecule has 2 unspecified atom stereocenters. The number of carbonyl (C=O) groups excluding carboxylic acids is 1. The summed E-state index contributed by atoms with van der Waals surface area (Å²) in [5, 5.41) is 0. The largest absolute Gasteiger partial charge is 0.299 e. The molecule has 17 heavy (non-hydrogen) atoms. The molecular weight excluding hydrogens is 208 g/mol. The van der Waals surface area contributed by atoms with E-state index >= 15 is 0 Å². The molecule has 2 rings (SSSR count). The number of carbonyl (C=O) groups is 1. The van der Waals surface area contributed by atoms with Crippen molar-refractivity contribution in [3.05, 3.63) is 0 Å². The maximum atomic E-state index is 12.7. The van der Waals surface area contributed by atoms with Gasteiger partial charge in [-0.2, -0.15) is 0 Å². The topological polar surface area (TPSA) is 17.1 Å². The van der Waals surface area contributed by atoms with Crippen LogP contribution in [0, 0.1) is 34.5 Å². The maximum absolute atomic E-state index is 12.7. The molecular formula is C16H28O. The average molecular weight is 236 g/mol. The first kappa shape index (κ1) is 13.1. The molecule has 2 aliphatic rings. The molecule has 0 radical (unpaired) electrons. The minimum atomic E-state index is 0.216. The van der Waals surface area contributed by atoms with E-state index in [9.17, 15) is 4.79 Å². The van der Waals surface area contributed by atoms with E-state index in [-0.39, 0.29) is 10.8 Å². The Bertz CT molecular complexity index is 302. The zero-order valence-corrected chi connectivity index (χ0v) is 12.3. The van der Waals surface area contributed by atoms with E-state index in [1.807, 2.05) is 0 Å². The van der Waals surface area contributed by atoms with E-state index in [4.69, 9.17) is 0 Å². The molecule has 2 aliphatic carbocycles. The SMILES string of the molecule is CC1CC(C)CC(C(=O)C2C(C)(C)C2(C)C)C1. The van der Waals surface area contributed by atoms with Gasteiger partial charge < -0.3 is 0 Å². The third-order valence-electron chi connectivity index (χ3n) is 5.89. The molecule has 0 bridgehead atoms. The molecule has 0 aromatic carbocycles. The van der Waals surface area contributed by atoms with Crippen LogP contribution in [0.2, 0.25) is 0 Å². The Kier molecular flexibility index (Phi) is 2.95. The normalized spacial score (nSPS) is 40.0. The first-order chi connectivity index (χ1) is 7.68. The highest BCUT2D eigenvalue weighted by Crippen LogP contribution is 2.69. The summed E-state index contributed by atoms with van der Waals surface area (Å²) in [6.45, 7) is 13.6. The van der Waals surface area contributed by atoms with E-state index in [1.54, 1.807) is 0 Å². The molecule has 0 saturated heterocycles. The second-order valence-electron chi connectivity index (χ2n) is 7.89. The van der Waals surface area contributed by atoms with Crippen LogP contribution in [0.4, 0.5) is 0 Å². The van der Waals surface area contributed by atoms with Crippen LogP contribution in [0.5, 0.6) is 0 Å². The Labute approximate surface area is 106 Å². The monoisotopic (exact) mass is 236 g/mol. The van der Waals surface area contributed by atoms with Gasteiger partial charge in [-0.05, 0) is 41.9 Å². The molecule has 0 spiro atoms. The van der Waals surface area contributed by atoms with Crippen LogP contribution in [0.25, 0.3) is 0 Å². The molecule has 2 atom stereocenters. The lowest BCUT2D eigenvalue weighted by Crippen LogP contribution is -2.28. The first-order valence-corrected chi connectivity index (χ1v) is 7.21. The van der Waals surface area contributed by atoms with Crippen LogP contribution in [-0.2, 0) is 4.79 Å². The fourth-order valence-electron chi connectivity index (χ4n) is 4.32. The molecule has 2 saturated carbocycles. The van der Waals surface area contributed by atoms with Gasteiger partial charge in [0.05, 0.1) is 0 Å². The highest BCUT2D eigenvalue weighted by Gasteiger charge is 2.68. The number of hydrogen-bond donors (Lipinski definition) is 0. The second kappa shape index (κ2) is 3.83. The number of hydrogen-bond acceptors (Lipinski definition) is 1. The summed E-state index contributed by atoms with van der Waals surface area (Å²) in [6, 6.07) is 0. The van der Waals surface area contributed by atoms with Crippen molar-refractivity contribution in [1.82, 2.24) is 0 Å². The molecule has 0 aromatic heterocycles. The van der Waals surface area contributed by atoms with Crippen molar-refractivity contribution < 1.29 is 4.79 Å². The smallest absolute Gasteiger partial charge is 0.140 e. The van der Waals surface area contributed by atoms with Crippen molar-refractivity contribution in [3.63, 3.8) is 0 Å². The molecule has 0 aliphatic heterocycles. The van der Waals surface area contributed by atoms with Gasteiger partial charge in [-0.15, -0.1) is 0 Å². The molecule has 2 fully saturated rings. The second-order valence-corrected chi connectivity index (χ2v) is 7.89. The van der Waals surface area contributed by atoms with Gasteiger partial charge in [0.25, 0.3) is 0 Å². The third kappa shape index (κ3) is 1.96. The Morgan fingerprint density at radius 1 is 0.882 bits per heavy atom. The van der Waals surface area contributed by atoms with Crippen LogP contribution in [0.15, 0.2) is 0 Å². The number of Topliss-reactive ketones (excluding diaryl/α,β-unsaturated/α-hetero) is 1. The zero-order chi connectivity index (χ0) is 13.0. The average Bonchev–Trinajstić information content (AvgIpc) is 2.54. The van der Waals surface area contributed by atoms with Crippen molar-refractivity contribution in [2.75, 3.05) is 0 Å². The molecule has 1 heteroatoms. The molecule has 0 amide bonds. The van der Waals surface area contributed by atoms with E-state index in [2.05, 4.69) is 41.5 Å². The van der Waals surface area contributed by atoms with Gasteiger partial charge in [0, 0.05) is 11.8 Å². The maximum Gasteiger partial charge on any atom is 0.140 e. The van der Waals surface area contributed by atoms with E-state index < -0.39 is 0 Å². The van der Waals surface area contributed by atoms with Gasteiger partial charge in [0.2, 0.25) is 0 Å². The summed E-state index contributed by atoms with van der Waals surface area (Å²) in [6.07, 6.45) is 3.57. The van der Waals surface area contributed by atoms with Gasteiger partial charge in [-0.25, -0.2) is 0 Å². The fraction of sp³-hybridized carbons (Fsp3) is 0.938. The Hall–Kier alpha value is -0.330. The number of ketones is 1. The van der Waals surface area contributed by atoms with Crippen molar-refractivity contribution in [2.45, 2.75) is 60.8 Å². The van der Waals surface area contributed by atoms with Gasteiger partial charge in [-0.1, -0.05) is 41.5 Å². The van der Waals surface area contributed by atoms with Crippen LogP contribution in [0.1, 0.15) is 60.8 Å². The minimum Gasteiger partial charge on any atom is -0.299 e. The van der Waals surface area contributed by atoms with E-state index in [0.717, 1.165) is 24.7 Å². The summed E-state index contributed by atoms with van der Waals surface area (Å²) in [5.41, 5.74) is 0.433. The zero-order valence-electron chi connectivity index (χ0n) is 12.3. The van der Waals surface area contributed by atoms with E-state index in [1.165, 1.54) is 6.42 Å². The Balaban J connectivity index is 2.07. The predicted octanol–water partition coefficient (Wildman–Crippen LogP) is 4.31. The summed E-state index contributed by atoms with van der Waals surface area (Å²) in [4.78, 5) is 12.7. The van der Waals surface area contributed by atoms with Crippen molar-refractivity contribution >= 4 is 5.78 Å². The molecule has 98 valence electrons. The summed E-state index contributed by atoms with van der Waals surface area (Å²) >= 11 is 0. The summed E-state index contributed by atoms with van der Waals surface area (Å²) in [5.74, 6) is 2.69. The Morgan fingerprint density at radius 2 is 1.29 bits per heavy atom. The Morgan fingerprint density at radius 3 is 1.65 bits per heavy atom. The van der Waals surface area contributed by atoms with Crippen LogP contribution in [0.3, 0.4) is 0 Å². The van der Waals surface area contributed by atoms with Crippen molar-refractivity contribution in [1.29, 1.82) is 0 Å². The molecule has 0 heterocycles. The lowest BCUT2D eigenvalue weighted by molar-refractivity contribution is -0.127. The van der Waals surface area contributed by atoms with Gasteiger partial charge in [0.1, 0.15) is 5.78 Å². The van der Waals surface area contributed by atoms with E-state index in [0.29, 0.717) is 17.6 Å². The van der Waals surface area contributed by atoms with Crippen LogP contribution >= 0.6 is 0 Å².